The standard InChI is InChI=1S/C13H19NO4/c1-2-10(9-15)14-7-8-18-12-6-4-3-5-11(12)13(16)17/h3-6,10,14-15H,2,7-9H2,1H3,(H,16,17). The first-order valence-corrected chi connectivity index (χ1v) is 5.98. The predicted octanol–water partition coefficient (Wildman–Crippen LogP) is 1.12. The fourth-order valence-electron chi connectivity index (χ4n) is 1.53. The van der Waals surface area contributed by atoms with Gasteiger partial charge in [0.1, 0.15) is 17.9 Å². The predicted molar refractivity (Wildman–Crippen MR) is 68.1 cm³/mol. The molecule has 0 saturated carbocycles. The van der Waals surface area contributed by atoms with Gasteiger partial charge < -0.3 is 20.3 Å². The summed E-state index contributed by atoms with van der Waals surface area (Å²) in [7, 11) is 0. The zero-order valence-corrected chi connectivity index (χ0v) is 10.4. The lowest BCUT2D eigenvalue weighted by Gasteiger charge is -2.14. The summed E-state index contributed by atoms with van der Waals surface area (Å²) < 4.78 is 5.41. The molecule has 0 radical (unpaired) electrons. The van der Waals surface area contributed by atoms with E-state index in [9.17, 15) is 4.79 Å². The number of hydrogen-bond acceptors (Lipinski definition) is 4. The zero-order valence-electron chi connectivity index (χ0n) is 10.4. The fourth-order valence-corrected chi connectivity index (χ4v) is 1.53. The van der Waals surface area contributed by atoms with E-state index in [1.165, 1.54) is 6.07 Å². The summed E-state index contributed by atoms with van der Waals surface area (Å²) in [6.07, 6.45) is 0.836. The van der Waals surface area contributed by atoms with Crippen molar-refractivity contribution in [3.63, 3.8) is 0 Å². The molecule has 0 bridgehead atoms. The van der Waals surface area contributed by atoms with Crippen molar-refractivity contribution < 1.29 is 19.7 Å². The summed E-state index contributed by atoms with van der Waals surface area (Å²) >= 11 is 0. The highest BCUT2D eigenvalue weighted by atomic mass is 16.5. The van der Waals surface area contributed by atoms with Crippen LogP contribution in [0.1, 0.15) is 23.7 Å². The minimum absolute atomic E-state index is 0.0586. The van der Waals surface area contributed by atoms with Gasteiger partial charge >= 0.3 is 5.97 Å². The van der Waals surface area contributed by atoms with Gasteiger partial charge in [-0.05, 0) is 18.6 Å². The van der Waals surface area contributed by atoms with Crippen molar-refractivity contribution in [3.8, 4) is 5.75 Å². The largest absolute Gasteiger partial charge is 0.491 e. The summed E-state index contributed by atoms with van der Waals surface area (Å²) in [6.45, 7) is 2.99. The third kappa shape index (κ3) is 4.35. The molecule has 0 fully saturated rings. The van der Waals surface area contributed by atoms with Gasteiger partial charge in [-0.2, -0.15) is 0 Å². The number of carbonyl (C=O) groups is 1. The highest BCUT2D eigenvalue weighted by Crippen LogP contribution is 2.17. The zero-order chi connectivity index (χ0) is 13.4. The van der Waals surface area contributed by atoms with Crippen LogP contribution in [0.5, 0.6) is 5.75 Å². The number of nitrogens with one attached hydrogen (secondary N) is 1. The van der Waals surface area contributed by atoms with E-state index in [2.05, 4.69) is 5.32 Å². The fraction of sp³-hybridized carbons (Fsp3) is 0.462. The van der Waals surface area contributed by atoms with Crippen LogP contribution in [0.25, 0.3) is 0 Å². The Morgan fingerprint density at radius 3 is 2.78 bits per heavy atom. The molecule has 0 heterocycles. The summed E-state index contributed by atoms with van der Waals surface area (Å²) in [6, 6.07) is 6.59. The van der Waals surface area contributed by atoms with Gasteiger partial charge in [-0.3, -0.25) is 0 Å². The quantitative estimate of drug-likeness (QED) is 0.605. The first kappa shape index (κ1) is 14.5. The van der Waals surface area contributed by atoms with Gasteiger partial charge in [0.15, 0.2) is 0 Å². The Labute approximate surface area is 106 Å². The number of para-hydroxylation sites is 1. The second-order valence-corrected chi connectivity index (χ2v) is 3.89. The minimum Gasteiger partial charge on any atom is -0.491 e. The molecule has 100 valence electrons. The molecule has 3 N–H and O–H groups in total. The molecule has 0 aliphatic heterocycles. The number of benzene rings is 1. The molecule has 1 aromatic carbocycles. The molecule has 1 atom stereocenters. The van der Waals surface area contributed by atoms with Crippen LogP contribution >= 0.6 is 0 Å². The number of ether oxygens (including phenoxy) is 1. The summed E-state index contributed by atoms with van der Waals surface area (Å²) in [4.78, 5) is 10.9. The molecule has 5 heteroatoms. The van der Waals surface area contributed by atoms with Crippen LogP contribution in [0.3, 0.4) is 0 Å². The van der Waals surface area contributed by atoms with Crippen molar-refractivity contribution in [1.29, 1.82) is 0 Å². The third-order valence-corrected chi connectivity index (χ3v) is 2.62. The SMILES string of the molecule is CCC(CO)NCCOc1ccccc1C(=O)O. The van der Waals surface area contributed by atoms with Crippen molar-refractivity contribution in [1.82, 2.24) is 5.32 Å². The molecule has 18 heavy (non-hydrogen) atoms. The van der Waals surface area contributed by atoms with E-state index >= 15 is 0 Å². The van der Waals surface area contributed by atoms with Crippen molar-refractivity contribution in [2.45, 2.75) is 19.4 Å². The Morgan fingerprint density at radius 1 is 1.44 bits per heavy atom. The van der Waals surface area contributed by atoms with Crippen LogP contribution < -0.4 is 10.1 Å². The number of rotatable bonds is 8. The van der Waals surface area contributed by atoms with E-state index in [0.717, 1.165) is 6.42 Å². The topological polar surface area (TPSA) is 78.8 Å². The number of aliphatic hydroxyl groups is 1. The Bertz CT molecular complexity index is 377. The highest BCUT2D eigenvalue weighted by molar-refractivity contribution is 5.90. The van der Waals surface area contributed by atoms with Crippen LogP contribution in [0.4, 0.5) is 0 Å². The van der Waals surface area contributed by atoms with E-state index in [4.69, 9.17) is 14.9 Å². The Morgan fingerprint density at radius 2 is 2.17 bits per heavy atom. The van der Waals surface area contributed by atoms with Crippen molar-refractivity contribution in [2.24, 2.45) is 0 Å². The monoisotopic (exact) mass is 253 g/mol. The molecule has 1 unspecified atom stereocenters. The maximum Gasteiger partial charge on any atom is 0.339 e. The molecule has 0 amide bonds. The molecular formula is C13H19NO4. The van der Waals surface area contributed by atoms with Crippen LogP contribution in [0, 0.1) is 0 Å². The molecule has 1 rings (SSSR count). The molecule has 1 aromatic rings. The second-order valence-electron chi connectivity index (χ2n) is 3.89. The third-order valence-electron chi connectivity index (χ3n) is 2.62. The van der Waals surface area contributed by atoms with Crippen LogP contribution in [0.2, 0.25) is 0 Å². The minimum atomic E-state index is -1.000. The van der Waals surface area contributed by atoms with Crippen LogP contribution in [-0.4, -0.2) is 42.0 Å². The lowest BCUT2D eigenvalue weighted by Crippen LogP contribution is -2.34. The van der Waals surface area contributed by atoms with Gasteiger partial charge in [-0.15, -0.1) is 0 Å². The Hall–Kier alpha value is -1.59. The molecule has 0 saturated heterocycles. The molecule has 5 nitrogen and oxygen atoms in total. The molecular weight excluding hydrogens is 234 g/mol. The van der Waals surface area contributed by atoms with Gasteiger partial charge in [0, 0.05) is 12.6 Å². The maximum absolute atomic E-state index is 10.9. The van der Waals surface area contributed by atoms with Gasteiger partial charge in [-0.25, -0.2) is 4.79 Å². The number of carboxylic acid groups (broad SMARTS) is 1. The lowest BCUT2D eigenvalue weighted by atomic mass is 10.2. The van der Waals surface area contributed by atoms with Gasteiger partial charge in [0.2, 0.25) is 0 Å². The number of aromatic carboxylic acids is 1. The average Bonchev–Trinajstić information content (AvgIpc) is 2.39. The molecule has 0 aliphatic carbocycles. The van der Waals surface area contributed by atoms with Crippen molar-refractivity contribution in [3.05, 3.63) is 29.8 Å². The Balaban J connectivity index is 2.42. The summed E-state index contributed by atoms with van der Waals surface area (Å²) in [5.41, 5.74) is 0.159. The van der Waals surface area contributed by atoms with Gasteiger partial charge in [-0.1, -0.05) is 19.1 Å². The number of aliphatic hydroxyl groups excluding tert-OH is 1. The van der Waals surface area contributed by atoms with Crippen molar-refractivity contribution >= 4 is 5.97 Å². The van der Waals surface area contributed by atoms with E-state index in [0.29, 0.717) is 18.9 Å². The van der Waals surface area contributed by atoms with E-state index in [1.54, 1.807) is 18.2 Å². The van der Waals surface area contributed by atoms with Gasteiger partial charge in [0.05, 0.1) is 6.61 Å². The maximum atomic E-state index is 10.9. The normalized spacial score (nSPS) is 12.1. The first-order chi connectivity index (χ1) is 8.69. The average molecular weight is 253 g/mol. The van der Waals surface area contributed by atoms with Crippen LogP contribution in [0.15, 0.2) is 24.3 Å². The smallest absolute Gasteiger partial charge is 0.339 e. The molecule has 0 aliphatic rings. The van der Waals surface area contributed by atoms with Crippen molar-refractivity contribution in [2.75, 3.05) is 19.8 Å². The van der Waals surface area contributed by atoms with E-state index in [1.807, 2.05) is 6.92 Å². The highest BCUT2D eigenvalue weighted by Gasteiger charge is 2.10. The number of carboxylic acids is 1. The first-order valence-electron chi connectivity index (χ1n) is 5.98. The van der Waals surface area contributed by atoms with Gasteiger partial charge in [0.25, 0.3) is 0 Å². The second kappa shape index (κ2) is 7.68. The number of hydrogen-bond donors (Lipinski definition) is 3. The molecule has 0 spiro atoms. The lowest BCUT2D eigenvalue weighted by molar-refractivity contribution is 0.0692. The summed E-state index contributed by atoms with van der Waals surface area (Å²) in [5.74, 6) is -0.635. The Kier molecular flexibility index (Phi) is 6.18. The van der Waals surface area contributed by atoms with E-state index in [-0.39, 0.29) is 18.2 Å². The summed E-state index contributed by atoms with van der Waals surface area (Å²) in [5, 5.41) is 21.1. The molecule has 0 aromatic heterocycles. The van der Waals surface area contributed by atoms with E-state index < -0.39 is 5.97 Å². The van der Waals surface area contributed by atoms with Crippen LogP contribution in [-0.2, 0) is 0 Å².